The lowest BCUT2D eigenvalue weighted by Gasteiger charge is -2.22. The van der Waals surface area contributed by atoms with Crippen molar-refractivity contribution in [1.82, 2.24) is 5.32 Å². The molecule has 2 aromatic rings. The summed E-state index contributed by atoms with van der Waals surface area (Å²) >= 11 is 0. The fourth-order valence-corrected chi connectivity index (χ4v) is 4.26. The van der Waals surface area contributed by atoms with Crippen LogP contribution in [0.5, 0.6) is 11.5 Å². The van der Waals surface area contributed by atoms with E-state index in [1.54, 1.807) is 24.3 Å². The van der Waals surface area contributed by atoms with Crippen molar-refractivity contribution < 1.29 is 37.0 Å². The Kier molecular flexibility index (Phi) is 9.62. The molecule has 0 fully saturated rings. The third-order valence-corrected chi connectivity index (χ3v) is 5.78. The van der Waals surface area contributed by atoms with Crippen molar-refractivity contribution in [2.24, 2.45) is 5.73 Å². The van der Waals surface area contributed by atoms with Crippen molar-refractivity contribution in [2.75, 3.05) is 44.4 Å². The van der Waals surface area contributed by atoms with E-state index in [9.17, 15) is 22.8 Å². The molecule has 202 valence electrons. The molecule has 8 nitrogen and oxygen atoms in total. The topological polar surface area (TPSA) is 103 Å². The van der Waals surface area contributed by atoms with Crippen LogP contribution in [0.25, 0.3) is 0 Å². The van der Waals surface area contributed by atoms with Gasteiger partial charge in [0.25, 0.3) is 5.91 Å². The van der Waals surface area contributed by atoms with Crippen LogP contribution in [0.3, 0.4) is 0 Å². The number of primary amides is 1. The van der Waals surface area contributed by atoms with Gasteiger partial charge in [0.1, 0.15) is 13.2 Å². The lowest BCUT2D eigenvalue weighted by Crippen LogP contribution is -2.32. The Hall–Kier alpha value is -3.47. The summed E-state index contributed by atoms with van der Waals surface area (Å²) in [6.07, 6.45) is -3.04. The maximum Gasteiger partial charge on any atom is 0.422 e. The van der Waals surface area contributed by atoms with E-state index in [4.69, 9.17) is 19.9 Å². The average Bonchev–Trinajstić information content (AvgIpc) is 3.22. The highest BCUT2D eigenvalue weighted by molar-refractivity contribution is 6.00. The molecule has 11 heteroatoms. The first-order chi connectivity index (χ1) is 17.5. The number of anilines is 1. The van der Waals surface area contributed by atoms with Crippen LogP contribution in [-0.4, -0.2) is 63.5 Å². The summed E-state index contributed by atoms with van der Waals surface area (Å²) in [5, 5.41) is 3.32. The number of esters is 1. The molecule has 37 heavy (non-hydrogen) atoms. The Morgan fingerprint density at radius 2 is 1.84 bits per heavy atom. The molecule has 0 bridgehead atoms. The minimum absolute atomic E-state index is 0.0283. The molecule has 0 aromatic heterocycles. The summed E-state index contributed by atoms with van der Waals surface area (Å²) in [5.41, 5.74) is 8.91. The Labute approximate surface area is 213 Å². The summed E-state index contributed by atoms with van der Waals surface area (Å²) in [6, 6.07) is 10.1. The van der Waals surface area contributed by atoms with E-state index >= 15 is 0 Å². The maximum atomic E-state index is 12.5. The zero-order chi connectivity index (χ0) is 27.0. The van der Waals surface area contributed by atoms with Gasteiger partial charge in [-0.1, -0.05) is 18.2 Å². The van der Waals surface area contributed by atoms with Gasteiger partial charge in [-0.25, -0.2) is 0 Å². The number of fused-ring (bicyclic) bond motifs is 1. The van der Waals surface area contributed by atoms with Crippen LogP contribution in [0.1, 0.15) is 35.3 Å². The number of rotatable bonds is 13. The molecular formula is C26H32F3N3O5. The van der Waals surface area contributed by atoms with Crippen molar-refractivity contribution in [3.8, 4) is 11.5 Å². The normalized spacial score (nSPS) is 13.7. The number of alkyl halides is 3. The number of para-hydroxylation sites is 2. The quantitative estimate of drug-likeness (QED) is 0.307. The second kappa shape index (κ2) is 12.7. The SMILES string of the molecule is CC(=O)OCCN1CCc2cc(CC(C)NCCOc3ccccc3OCC(F)(F)F)cc(C(N)=O)c21. The van der Waals surface area contributed by atoms with E-state index in [-0.39, 0.29) is 36.7 Å². The van der Waals surface area contributed by atoms with Gasteiger partial charge in [-0.3, -0.25) is 9.59 Å². The lowest BCUT2D eigenvalue weighted by molar-refractivity contribution is -0.153. The van der Waals surface area contributed by atoms with Crippen LogP contribution in [0.2, 0.25) is 0 Å². The van der Waals surface area contributed by atoms with E-state index in [1.165, 1.54) is 13.0 Å². The van der Waals surface area contributed by atoms with Crippen LogP contribution in [0.15, 0.2) is 36.4 Å². The number of carbonyl (C=O) groups is 2. The third-order valence-electron chi connectivity index (χ3n) is 5.78. The number of nitrogens with one attached hydrogen (secondary N) is 1. The Balaban J connectivity index is 1.53. The lowest BCUT2D eigenvalue weighted by atomic mass is 9.98. The maximum absolute atomic E-state index is 12.5. The molecule has 3 rings (SSSR count). The summed E-state index contributed by atoms with van der Waals surface area (Å²) in [7, 11) is 0. The number of halogens is 3. The summed E-state index contributed by atoms with van der Waals surface area (Å²) in [6.45, 7) is 4.05. The van der Waals surface area contributed by atoms with Crippen molar-refractivity contribution in [2.45, 2.75) is 38.9 Å². The third kappa shape index (κ3) is 8.56. The number of benzene rings is 2. The average molecular weight is 524 g/mol. The van der Waals surface area contributed by atoms with Crippen molar-refractivity contribution in [3.63, 3.8) is 0 Å². The van der Waals surface area contributed by atoms with Crippen molar-refractivity contribution >= 4 is 17.6 Å². The van der Waals surface area contributed by atoms with Crippen molar-refractivity contribution in [1.29, 1.82) is 0 Å². The highest BCUT2D eigenvalue weighted by Crippen LogP contribution is 2.33. The molecule has 0 aliphatic carbocycles. The smallest absolute Gasteiger partial charge is 0.422 e. The van der Waals surface area contributed by atoms with Gasteiger partial charge >= 0.3 is 12.1 Å². The van der Waals surface area contributed by atoms with Gasteiger partial charge in [0.05, 0.1) is 17.8 Å². The first kappa shape index (κ1) is 28.1. The molecule has 1 aliphatic heterocycles. The van der Waals surface area contributed by atoms with E-state index in [1.807, 2.05) is 11.8 Å². The first-order valence-electron chi connectivity index (χ1n) is 12.0. The van der Waals surface area contributed by atoms with Crippen LogP contribution in [0, 0.1) is 0 Å². The Morgan fingerprint density at radius 1 is 1.14 bits per heavy atom. The number of amides is 1. The highest BCUT2D eigenvalue weighted by Gasteiger charge is 2.29. The number of nitrogens with zero attached hydrogens (tertiary/aromatic N) is 1. The molecule has 3 N–H and O–H groups in total. The molecule has 0 saturated heterocycles. The number of ether oxygens (including phenoxy) is 3. The fraction of sp³-hybridized carbons (Fsp3) is 0.462. The van der Waals surface area contributed by atoms with E-state index in [2.05, 4.69) is 11.4 Å². The number of hydrogen-bond donors (Lipinski definition) is 2. The van der Waals surface area contributed by atoms with E-state index in [0.29, 0.717) is 31.6 Å². The van der Waals surface area contributed by atoms with E-state index < -0.39 is 18.7 Å². The monoisotopic (exact) mass is 523 g/mol. The summed E-state index contributed by atoms with van der Waals surface area (Å²) in [4.78, 5) is 25.3. The molecule has 1 atom stereocenters. The van der Waals surface area contributed by atoms with Gasteiger partial charge in [0, 0.05) is 26.1 Å². The zero-order valence-corrected chi connectivity index (χ0v) is 20.9. The van der Waals surface area contributed by atoms with Crippen LogP contribution >= 0.6 is 0 Å². The molecular weight excluding hydrogens is 491 g/mol. The predicted octanol–water partition coefficient (Wildman–Crippen LogP) is 3.25. The minimum atomic E-state index is -4.43. The Bertz CT molecular complexity index is 1090. The first-order valence-corrected chi connectivity index (χ1v) is 12.0. The van der Waals surface area contributed by atoms with Gasteiger partial charge in [-0.15, -0.1) is 0 Å². The predicted molar refractivity (Wildman–Crippen MR) is 132 cm³/mol. The van der Waals surface area contributed by atoms with E-state index in [0.717, 1.165) is 23.2 Å². The summed E-state index contributed by atoms with van der Waals surface area (Å²) < 4.78 is 52.9. The van der Waals surface area contributed by atoms with Gasteiger partial charge in [-0.05, 0) is 49.1 Å². The molecule has 1 amide bonds. The molecule has 0 saturated carbocycles. The number of carbonyl (C=O) groups excluding carboxylic acids is 2. The highest BCUT2D eigenvalue weighted by atomic mass is 19.4. The van der Waals surface area contributed by atoms with Crippen LogP contribution < -0.4 is 25.4 Å². The standard InChI is InChI=1S/C26H32F3N3O5/c1-17(31-8-11-36-22-5-3-4-6-23(22)37-16-26(27,28)29)13-19-14-20-7-9-32(10-12-35-18(2)33)24(20)21(15-19)25(30)34/h3-6,14-15,17,31H,7-13,16H2,1-2H3,(H2,30,34). The molecule has 0 spiro atoms. The second-order valence-electron chi connectivity index (χ2n) is 8.85. The second-order valence-corrected chi connectivity index (χ2v) is 8.85. The van der Waals surface area contributed by atoms with Gasteiger partial charge < -0.3 is 30.2 Å². The number of hydrogen-bond acceptors (Lipinski definition) is 7. The number of nitrogens with two attached hydrogens (primary N) is 1. The molecule has 2 aromatic carbocycles. The van der Waals surface area contributed by atoms with Gasteiger partial charge in [-0.2, -0.15) is 13.2 Å². The zero-order valence-electron chi connectivity index (χ0n) is 20.9. The van der Waals surface area contributed by atoms with Crippen molar-refractivity contribution in [3.05, 3.63) is 53.1 Å². The van der Waals surface area contributed by atoms with Crippen LogP contribution in [0.4, 0.5) is 18.9 Å². The summed E-state index contributed by atoms with van der Waals surface area (Å²) in [5.74, 6) is -0.593. The Morgan fingerprint density at radius 3 is 2.49 bits per heavy atom. The molecule has 1 aliphatic rings. The molecule has 1 heterocycles. The fourth-order valence-electron chi connectivity index (χ4n) is 4.26. The molecule has 1 unspecified atom stereocenters. The molecule has 0 radical (unpaired) electrons. The largest absolute Gasteiger partial charge is 0.488 e. The van der Waals surface area contributed by atoms with Crippen LogP contribution in [-0.2, 0) is 22.4 Å². The minimum Gasteiger partial charge on any atom is -0.488 e. The van der Waals surface area contributed by atoms with Gasteiger partial charge in [0.15, 0.2) is 18.1 Å². The van der Waals surface area contributed by atoms with Gasteiger partial charge in [0.2, 0.25) is 0 Å².